The van der Waals surface area contributed by atoms with Gasteiger partial charge in [0.25, 0.3) is 0 Å². The van der Waals surface area contributed by atoms with Crippen molar-refractivity contribution in [1.82, 2.24) is 0 Å². The maximum absolute atomic E-state index is 13.4. The van der Waals surface area contributed by atoms with Gasteiger partial charge in [0.15, 0.2) is 5.75 Å². The molecule has 0 fully saturated rings. The molecule has 24 heavy (non-hydrogen) atoms. The smallest absolute Gasteiger partial charge is 0.487 e. The summed E-state index contributed by atoms with van der Waals surface area (Å²) in [7, 11) is -3.30. The summed E-state index contributed by atoms with van der Waals surface area (Å²) in [4.78, 5) is 10.1. The van der Waals surface area contributed by atoms with E-state index in [0.717, 1.165) is 0 Å². The minimum atomic E-state index is -3.30. The van der Waals surface area contributed by atoms with Gasteiger partial charge in [0.2, 0.25) is 29.1 Å². The van der Waals surface area contributed by atoms with E-state index in [9.17, 15) is 26.7 Å². The van der Waals surface area contributed by atoms with E-state index in [-0.39, 0.29) is 32.3 Å². The highest BCUT2D eigenvalue weighted by molar-refractivity contribution is 6.59. The Morgan fingerprint density at radius 1 is 0.792 bits per heavy atom. The topological polar surface area (TPSA) is 47.9 Å². The number of hydrogen-bond acceptors (Lipinski definition) is 4. The molecular weight excluding hydrogens is 355 g/mol. The van der Waals surface area contributed by atoms with Gasteiger partial charge in [-0.2, -0.15) is 8.78 Å². The van der Waals surface area contributed by atoms with Crippen LogP contribution in [0.25, 0.3) is 0 Å². The molecule has 1 aromatic carbocycles. The Bertz CT molecular complexity index is 523. The molecule has 0 heterocycles. The first-order valence-corrected chi connectivity index (χ1v) is 9.39. The zero-order valence-electron chi connectivity index (χ0n) is 13.3. The standard InChI is InChI=1S/C14H19F5O4Si/c1-3-22-24(20,23-4-2)8-6-5-7-21-14-12(18)10(16)9(15)11(17)13(14)19/h20H,3-8H2,1-2H3. The maximum Gasteiger partial charge on any atom is 0.498 e. The molecule has 0 radical (unpaired) electrons. The van der Waals surface area contributed by atoms with E-state index in [2.05, 4.69) is 4.74 Å². The minimum Gasteiger partial charge on any atom is -0.487 e. The van der Waals surface area contributed by atoms with Crippen LogP contribution in [0.3, 0.4) is 0 Å². The Kier molecular flexibility index (Phi) is 8.07. The highest BCUT2D eigenvalue weighted by Crippen LogP contribution is 2.29. The third-order valence-corrected chi connectivity index (χ3v) is 5.51. The Morgan fingerprint density at radius 2 is 1.25 bits per heavy atom. The summed E-state index contributed by atoms with van der Waals surface area (Å²) in [6.07, 6.45) is 0.535. The van der Waals surface area contributed by atoms with Crippen molar-refractivity contribution in [2.24, 2.45) is 0 Å². The summed E-state index contributed by atoms with van der Waals surface area (Å²) < 4.78 is 80.7. The lowest BCUT2D eigenvalue weighted by atomic mass is 10.2. The van der Waals surface area contributed by atoms with Crippen LogP contribution in [0.1, 0.15) is 26.7 Å². The molecule has 1 rings (SSSR count). The second-order valence-electron chi connectivity index (χ2n) is 4.78. The molecule has 138 valence electrons. The SMILES string of the molecule is CCO[Si](O)(CCCCOc1c(F)c(F)c(F)c(F)c1F)OCC. The van der Waals surface area contributed by atoms with Crippen molar-refractivity contribution in [2.45, 2.75) is 32.7 Å². The first-order chi connectivity index (χ1) is 11.3. The number of halogens is 5. The molecule has 0 aliphatic rings. The maximum atomic E-state index is 13.4. The fourth-order valence-electron chi connectivity index (χ4n) is 1.97. The summed E-state index contributed by atoms with van der Waals surface area (Å²) in [5.74, 6) is -11.7. The molecule has 10 heteroatoms. The largest absolute Gasteiger partial charge is 0.498 e. The van der Waals surface area contributed by atoms with Crippen LogP contribution in [0, 0.1) is 29.1 Å². The van der Waals surface area contributed by atoms with Crippen molar-refractivity contribution >= 4 is 8.80 Å². The highest BCUT2D eigenvalue weighted by atomic mass is 28.4. The van der Waals surface area contributed by atoms with Gasteiger partial charge in [-0.3, -0.25) is 0 Å². The van der Waals surface area contributed by atoms with Crippen LogP contribution in [-0.4, -0.2) is 33.4 Å². The quantitative estimate of drug-likeness (QED) is 0.224. The average molecular weight is 374 g/mol. The molecule has 0 aliphatic heterocycles. The first-order valence-electron chi connectivity index (χ1n) is 7.41. The fourth-order valence-corrected chi connectivity index (χ4v) is 3.94. The molecule has 4 nitrogen and oxygen atoms in total. The Labute approximate surface area is 137 Å². The second kappa shape index (κ2) is 9.30. The third kappa shape index (κ3) is 5.13. The second-order valence-corrected chi connectivity index (χ2v) is 7.29. The van der Waals surface area contributed by atoms with Gasteiger partial charge in [-0.15, -0.1) is 0 Å². The lowest BCUT2D eigenvalue weighted by Gasteiger charge is -2.22. The summed E-state index contributed by atoms with van der Waals surface area (Å²) in [6.45, 7) is 3.64. The molecule has 0 amide bonds. The zero-order valence-corrected chi connectivity index (χ0v) is 14.3. The van der Waals surface area contributed by atoms with Crippen LogP contribution in [-0.2, 0) is 8.85 Å². The van der Waals surface area contributed by atoms with Crippen LogP contribution in [0.5, 0.6) is 5.75 Å². The summed E-state index contributed by atoms with van der Waals surface area (Å²) in [6, 6.07) is 0.190. The normalized spacial score (nSPS) is 11.8. The molecule has 0 saturated heterocycles. The van der Waals surface area contributed by atoms with Crippen LogP contribution >= 0.6 is 0 Å². The molecule has 0 aromatic heterocycles. The Hall–Kier alpha value is -1.23. The lowest BCUT2D eigenvalue weighted by Crippen LogP contribution is -2.42. The molecule has 0 saturated carbocycles. The molecule has 0 bridgehead atoms. The van der Waals surface area contributed by atoms with Gasteiger partial charge >= 0.3 is 8.80 Å². The van der Waals surface area contributed by atoms with Crippen LogP contribution in [0.2, 0.25) is 6.04 Å². The van der Waals surface area contributed by atoms with E-state index < -0.39 is 43.6 Å². The number of ether oxygens (including phenoxy) is 1. The summed E-state index contributed by atoms with van der Waals surface area (Å²) >= 11 is 0. The molecule has 0 atom stereocenters. The molecule has 1 N–H and O–H groups in total. The number of rotatable bonds is 10. The summed E-state index contributed by atoms with van der Waals surface area (Å²) in [5.41, 5.74) is 0. The molecule has 0 unspecified atom stereocenters. The predicted molar refractivity (Wildman–Crippen MR) is 77.0 cm³/mol. The van der Waals surface area contributed by atoms with Crippen molar-refractivity contribution < 1.29 is 40.3 Å². The van der Waals surface area contributed by atoms with Crippen LogP contribution < -0.4 is 4.74 Å². The zero-order chi connectivity index (χ0) is 18.3. The predicted octanol–water partition coefficient (Wildman–Crippen LogP) is 3.55. The Balaban J connectivity index is 2.57. The molecule has 0 aliphatic carbocycles. The average Bonchev–Trinajstić information content (AvgIpc) is 2.54. The van der Waals surface area contributed by atoms with Crippen molar-refractivity contribution in [2.75, 3.05) is 19.8 Å². The highest BCUT2D eigenvalue weighted by Gasteiger charge is 2.35. The van der Waals surface area contributed by atoms with Gasteiger partial charge in [0.1, 0.15) is 0 Å². The number of unbranched alkanes of at least 4 members (excludes halogenated alkanes) is 1. The van der Waals surface area contributed by atoms with Gasteiger partial charge in [-0.05, 0) is 26.7 Å². The molecule has 1 aromatic rings. The van der Waals surface area contributed by atoms with Crippen LogP contribution in [0.4, 0.5) is 22.0 Å². The van der Waals surface area contributed by atoms with Crippen LogP contribution in [0.15, 0.2) is 0 Å². The lowest BCUT2D eigenvalue weighted by molar-refractivity contribution is 0.107. The van der Waals surface area contributed by atoms with E-state index in [1.165, 1.54) is 0 Å². The summed E-state index contributed by atoms with van der Waals surface area (Å²) in [5, 5.41) is 0. The third-order valence-electron chi connectivity index (χ3n) is 3.04. The van der Waals surface area contributed by atoms with Crippen molar-refractivity contribution in [3.8, 4) is 5.75 Å². The van der Waals surface area contributed by atoms with Gasteiger partial charge in [-0.25, -0.2) is 13.2 Å². The molecular formula is C14H19F5O4Si. The van der Waals surface area contributed by atoms with Gasteiger partial charge in [0.05, 0.1) is 6.61 Å². The fraction of sp³-hybridized carbons (Fsp3) is 0.571. The van der Waals surface area contributed by atoms with Gasteiger partial charge in [0, 0.05) is 19.3 Å². The van der Waals surface area contributed by atoms with E-state index in [1.54, 1.807) is 13.8 Å². The van der Waals surface area contributed by atoms with E-state index in [1.807, 2.05) is 0 Å². The number of hydrogen-bond donors (Lipinski definition) is 1. The van der Waals surface area contributed by atoms with Gasteiger partial charge < -0.3 is 18.4 Å². The van der Waals surface area contributed by atoms with Crippen molar-refractivity contribution in [1.29, 1.82) is 0 Å². The van der Waals surface area contributed by atoms with Crippen molar-refractivity contribution in [3.63, 3.8) is 0 Å². The minimum absolute atomic E-state index is 0.190. The number of benzene rings is 1. The Morgan fingerprint density at radius 3 is 1.71 bits per heavy atom. The monoisotopic (exact) mass is 374 g/mol. The van der Waals surface area contributed by atoms with E-state index in [0.29, 0.717) is 6.42 Å². The van der Waals surface area contributed by atoms with Crippen molar-refractivity contribution in [3.05, 3.63) is 29.1 Å². The van der Waals surface area contributed by atoms with E-state index >= 15 is 0 Å². The van der Waals surface area contributed by atoms with Gasteiger partial charge in [-0.1, -0.05) is 0 Å². The van der Waals surface area contributed by atoms with E-state index in [4.69, 9.17) is 8.85 Å². The first kappa shape index (κ1) is 20.8. The molecule has 0 spiro atoms.